The number of morpholine rings is 1. The van der Waals surface area contributed by atoms with Crippen molar-refractivity contribution in [3.8, 4) is 0 Å². The van der Waals surface area contributed by atoms with Gasteiger partial charge >= 0.3 is 0 Å². The van der Waals surface area contributed by atoms with Gasteiger partial charge in [-0.15, -0.1) is 41.9 Å². The summed E-state index contributed by atoms with van der Waals surface area (Å²) in [6.07, 6.45) is 1.84. The third kappa shape index (κ3) is 6.78. The fourth-order valence-electron chi connectivity index (χ4n) is 2.44. The van der Waals surface area contributed by atoms with Crippen LogP contribution in [0.5, 0.6) is 0 Å². The SMILES string of the molecule is C=CCNC(=NCC(c1cccs1)N1CCOCC1)NCC.I. The van der Waals surface area contributed by atoms with Gasteiger partial charge in [-0.3, -0.25) is 9.89 Å². The number of halogens is 1. The number of rotatable bonds is 7. The Labute approximate surface area is 160 Å². The number of nitrogens with one attached hydrogen (secondary N) is 2. The number of thiophene rings is 1. The molecule has 0 radical (unpaired) electrons. The largest absolute Gasteiger partial charge is 0.379 e. The average molecular weight is 450 g/mol. The van der Waals surface area contributed by atoms with Gasteiger partial charge in [0.25, 0.3) is 0 Å². The molecule has 2 rings (SSSR count). The van der Waals surface area contributed by atoms with E-state index in [0.29, 0.717) is 12.6 Å². The summed E-state index contributed by atoms with van der Waals surface area (Å²) in [6, 6.07) is 4.63. The van der Waals surface area contributed by atoms with Crippen molar-refractivity contribution in [2.24, 2.45) is 4.99 Å². The quantitative estimate of drug-likeness (QED) is 0.290. The van der Waals surface area contributed by atoms with E-state index in [0.717, 1.165) is 45.4 Å². The molecule has 0 saturated carbocycles. The predicted molar refractivity (Wildman–Crippen MR) is 109 cm³/mol. The van der Waals surface area contributed by atoms with E-state index in [2.05, 4.69) is 46.5 Å². The second-order valence-electron chi connectivity index (χ2n) is 5.07. The Kier molecular flexibility index (Phi) is 10.5. The Morgan fingerprint density at radius 1 is 1.48 bits per heavy atom. The van der Waals surface area contributed by atoms with E-state index in [1.807, 2.05) is 6.08 Å². The van der Waals surface area contributed by atoms with Gasteiger partial charge in [-0.2, -0.15) is 0 Å². The van der Waals surface area contributed by atoms with Crippen molar-refractivity contribution < 1.29 is 4.74 Å². The Hall–Kier alpha value is -0.640. The zero-order valence-corrected chi connectivity index (χ0v) is 16.8. The number of aliphatic imine (C=N–C) groups is 1. The van der Waals surface area contributed by atoms with E-state index >= 15 is 0 Å². The van der Waals surface area contributed by atoms with Gasteiger partial charge in [0.2, 0.25) is 0 Å². The van der Waals surface area contributed by atoms with Gasteiger partial charge in [-0.1, -0.05) is 12.1 Å². The maximum atomic E-state index is 5.47. The Morgan fingerprint density at radius 3 is 2.87 bits per heavy atom. The molecule has 23 heavy (non-hydrogen) atoms. The highest BCUT2D eigenvalue weighted by atomic mass is 127. The lowest BCUT2D eigenvalue weighted by atomic mass is 10.2. The van der Waals surface area contributed by atoms with E-state index < -0.39 is 0 Å². The van der Waals surface area contributed by atoms with Crippen molar-refractivity contribution in [2.75, 3.05) is 45.9 Å². The Balaban J connectivity index is 0.00000264. The molecule has 0 aromatic carbocycles. The molecule has 1 aliphatic heterocycles. The van der Waals surface area contributed by atoms with Crippen molar-refractivity contribution >= 4 is 41.3 Å². The van der Waals surface area contributed by atoms with Crippen LogP contribution in [0, 0.1) is 0 Å². The van der Waals surface area contributed by atoms with E-state index in [1.54, 1.807) is 11.3 Å². The first kappa shape index (κ1) is 20.4. The predicted octanol–water partition coefficient (Wildman–Crippen LogP) is 2.48. The van der Waals surface area contributed by atoms with Crippen molar-refractivity contribution in [1.29, 1.82) is 0 Å². The van der Waals surface area contributed by atoms with Crippen LogP contribution >= 0.6 is 35.3 Å². The molecule has 1 saturated heterocycles. The maximum Gasteiger partial charge on any atom is 0.191 e. The second-order valence-corrected chi connectivity index (χ2v) is 6.05. The lowest BCUT2D eigenvalue weighted by Crippen LogP contribution is -2.41. The number of nitrogens with zero attached hydrogens (tertiary/aromatic N) is 2. The zero-order valence-electron chi connectivity index (χ0n) is 13.7. The standard InChI is InChI=1S/C16H26N4OS.HI/c1-3-7-18-16(17-4-2)19-13-14(15-6-5-12-22-15)20-8-10-21-11-9-20;/h3,5-6,12,14H,1,4,7-11,13H2,2H3,(H2,17,18,19);1H. The van der Waals surface area contributed by atoms with Gasteiger partial charge < -0.3 is 15.4 Å². The molecule has 130 valence electrons. The van der Waals surface area contributed by atoms with E-state index in [9.17, 15) is 0 Å². The van der Waals surface area contributed by atoms with Gasteiger partial charge in [0.15, 0.2) is 5.96 Å². The van der Waals surface area contributed by atoms with Crippen LogP contribution in [-0.4, -0.2) is 56.8 Å². The third-order valence-electron chi connectivity index (χ3n) is 3.54. The van der Waals surface area contributed by atoms with Crippen LogP contribution in [0.4, 0.5) is 0 Å². The monoisotopic (exact) mass is 450 g/mol. The molecule has 0 bridgehead atoms. The van der Waals surface area contributed by atoms with Crippen LogP contribution in [-0.2, 0) is 4.74 Å². The van der Waals surface area contributed by atoms with Crippen LogP contribution in [0.1, 0.15) is 17.8 Å². The summed E-state index contributed by atoms with van der Waals surface area (Å²) < 4.78 is 5.47. The van der Waals surface area contributed by atoms with Gasteiger partial charge in [0.1, 0.15) is 0 Å². The van der Waals surface area contributed by atoms with Crippen molar-refractivity contribution in [1.82, 2.24) is 15.5 Å². The van der Waals surface area contributed by atoms with Crippen LogP contribution in [0.2, 0.25) is 0 Å². The molecule has 7 heteroatoms. The lowest BCUT2D eigenvalue weighted by molar-refractivity contribution is 0.0186. The van der Waals surface area contributed by atoms with Crippen LogP contribution in [0.15, 0.2) is 35.2 Å². The van der Waals surface area contributed by atoms with Crippen molar-refractivity contribution in [2.45, 2.75) is 13.0 Å². The lowest BCUT2D eigenvalue weighted by Gasteiger charge is -2.33. The topological polar surface area (TPSA) is 48.9 Å². The fourth-order valence-corrected chi connectivity index (χ4v) is 3.30. The van der Waals surface area contributed by atoms with Crippen LogP contribution in [0.3, 0.4) is 0 Å². The summed E-state index contributed by atoms with van der Waals surface area (Å²) in [5.74, 6) is 0.845. The molecule has 0 amide bonds. The molecular weight excluding hydrogens is 423 g/mol. The first-order valence-corrected chi connectivity index (χ1v) is 8.71. The van der Waals surface area contributed by atoms with E-state index in [4.69, 9.17) is 9.73 Å². The molecule has 1 aromatic heterocycles. The first-order chi connectivity index (χ1) is 10.8. The van der Waals surface area contributed by atoms with Gasteiger partial charge in [0.05, 0.1) is 25.8 Å². The number of hydrogen-bond acceptors (Lipinski definition) is 4. The highest BCUT2D eigenvalue weighted by molar-refractivity contribution is 14.0. The summed E-state index contributed by atoms with van der Waals surface area (Å²) in [5.41, 5.74) is 0. The molecular formula is C16H27IN4OS. The highest BCUT2D eigenvalue weighted by Gasteiger charge is 2.23. The smallest absolute Gasteiger partial charge is 0.191 e. The van der Waals surface area contributed by atoms with Crippen molar-refractivity contribution in [3.05, 3.63) is 35.0 Å². The van der Waals surface area contributed by atoms with E-state index in [-0.39, 0.29) is 24.0 Å². The zero-order chi connectivity index (χ0) is 15.6. The summed E-state index contributed by atoms with van der Waals surface area (Å²) in [4.78, 5) is 8.59. The normalized spacial score (nSPS) is 17.2. The van der Waals surface area contributed by atoms with E-state index in [1.165, 1.54) is 4.88 Å². The number of ether oxygens (including phenoxy) is 1. The van der Waals surface area contributed by atoms with Crippen molar-refractivity contribution in [3.63, 3.8) is 0 Å². The molecule has 1 unspecified atom stereocenters. The molecule has 2 N–H and O–H groups in total. The molecule has 0 spiro atoms. The average Bonchev–Trinajstić information content (AvgIpc) is 3.08. The Bertz CT molecular complexity index is 461. The minimum atomic E-state index is 0. The molecule has 1 aromatic rings. The minimum Gasteiger partial charge on any atom is -0.379 e. The summed E-state index contributed by atoms with van der Waals surface area (Å²) >= 11 is 1.80. The molecule has 0 aliphatic carbocycles. The number of hydrogen-bond donors (Lipinski definition) is 2. The second kappa shape index (κ2) is 11.8. The molecule has 2 heterocycles. The third-order valence-corrected chi connectivity index (χ3v) is 4.51. The molecule has 1 fully saturated rings. The fraction of sp³-hybridized carbons (Fsp3) is 0.562. The van der Waals surface area contributed by atoms with Gasteiger partial charge in [-0.25, -0.2) is 0 Å². The Morgan fingerprint density at radius 2 is 2.26 bits per heavy atom. The molecule has 5 nitrogen and oxygen atoms in total. The first-order valence-electron chi connectivity index (χ1n) is 7.83. The number of guanidine groups is 1. The summed E-state index contributed by atoms with van der Waals surface area (Å²) in [6.45, 7) is 11.7. The van der Waals surface area contributed by atoms with Gasteiger partial charge in [-0.05, 0) is 18.4 Å². The molecule has 1 aliphatic rings. The van der Waals surface area contributed by atoms with Crippen LogP contribution in [0.25, 0.3) is 0 Å². The minimum absolute atomic E-state index is 0. The highest BCUT2D eigenvalue weighted by Crippen LogP contribution is 2.26. The molecule has 1 atom stereocenters. The van der Waals surface area contributed by atoms with Gasteiger partial charge in [0, 0.05) is 31.1 Å². The van der Waals surface area contributed by atoms with Crippen LogP contribution < -0.4 is 10.6 Å². The summed E-state index contributed by atoms with van der Waals surface area (Å²) in [5, 5.41) is 8.66. The summed E-state index contributed by atoms with van der Waals surface area (Å²) in [7, 11) is 0. The maximum absolute atomic E-state index is 5.47.